The molecule has 1 unspecified atom stereocenters. The maximum atomic E-state index is 5.96. The number of ether oxygens (including phenoxy) is 2. The summed E-state index contributed by atoms with van der Waals surface area (Å²) >= 11 is 0. The molecule has 0 bridgehead atoms. The number of benzene rings is 1. The standard InChI is InChI=1S/C18H27N3O2/c1-3-15(18-17(4-1)22-11-2-12-23-18)13-20-8-5-16(14-20)21-9-6-19-7-10-21/h1,3-4,16,19H,2,5-14H2. The van der Waals surface area contributed by atoms with Gasteiger partial charge in [-0.1, -0.05) is 12.1 Å². The first kappa shape index (κ1) is 15.2. The van der Waals surface area contributed by atoms with Crippen molar-refractivity contribution in [2.75, 3.05) is 52.5 Å². The Morgan fingerprint density at radius 3 is 2.87 bits per heavy atom. The summed E-state index contributed by atoms with van der Waals surface area (Å²) in [5, 5.41) is 3.44. The molecule has 3 aliphatic rings. The van der Waals surface area contributed by atoms with Crippen molar-refractivity contribution in [1.29, 1.82) is 0 Å². The number of fused-ring (bicyclic) bond motifs is 1. The molecule has 1 N–H and O–H groups in total. The van der Waals surface area contributed by atoms with E-state index < -0.39 is 0 Å². The zero-order valence-electron chi connectivity index (χ0n) is 13.8. The van der Waals surface area contributed by atoms with Crippen molar-refractivity contribution in [2.24, 2.45) is 0 Å². The minimum absolute atomic E-state index is 0.719. The molecule has 2 saturated heterocycles. The molecule has 3 heterocycles. The summed E-state index contributed by atoms with van der Waals surface area (Å²) in [6.07, 6.45) is 2.25. The van der Waals surface area contributed by atoms with Gasteiger partial charge in [0.1, 0.15) is 0 Å². The number of hydrogen-bond donors (Lipinski definition) is 1. The number of piperazine rings is 1. The Balaban J connectivity index is 1.41. The fourth-order valence-corrected chi connectivity index (χ4v) is 3.92. The number of nitrogens with zero attached hydrogens (tertiary/aromatic N) is 2. The molecule has 0 spiro atoms. The van der Waals surface area contributed by atoms with E-state index in [-0.39, 0.29) is 0 Å². The molecule has 1 aromatic rings. The van der Waals surface area contributed by atoms with E-state index in [9.17, 15) is 0 Å². The lowest BCUT2D eigenvalue weighted by molar-refractivity contribution is 0.170. The summed E-state index contributed by atoms with van der Waals surface area (Å²) in [6, 6.07) is 7.02. The Labute approximate surface area is 138 Å². The summed E-state index contributed by atoms with van der Waals surface area (Å²) in [5.74, 6) is 1.88. The fraction of sp³-hybridized carbons (Fsp3) is 0.667. The van der Waals surface area contributed by atoms with E-state index in [1.807, 2.05) is 6.07 Å². The van der Waals surface area contributed by atoms with Gasteiger partial charge in [-0.25, -0.2) is 0 Å². The van der Waals surface area contributed by atoms with Crippen LogP contribution in [-0.4, -0.2) is 68.3 Å². The van der Waals surface area contributed by atoms with Crippen molar-refractivity contribution in [3.63, 3.8) is 0 Å². The average Bonchev–Trinajstić information content (AvgIpc) is 2.92. The smallest absolute Gasteiger partial charge is 0.165 e. The molecular formula is C18H27N3O2. The Morgan fingerprint density at radius 2 is 1.96 bits per heavy atom. The van der Waals surface area contributed by atoms with Crippen LogP contribution < -0.4 is 14.8 Å². The van der Waals surface area contributed by atoms with Crippen molar-refractivity contribution in [2.45, 2.75) is 25.4 Å². The van der Waals surface area contributed by atoms with E-state index in [0.29, 0.717) is 0 Å². The minimum Gasteiger partial charge on any atom is -0.490 e. The SMILES string of the molecule is c1cc(CN2CCC(N3CCNCC3)C2)c2c(c1)OCCCO2. The molecule has 0 aliphatic carbocycles. The summed E-state index contributed by atoms with van der Waals surface area (Å²) in [4.78, 5) is 5.22. The number of para-hydroxylation sites is 1. The summed E-state index contributed by atoms with van der Waals surface area (Å²) in [7, 11) is 0. The fourth-order valence-electron chi connectivity index (χ4n) is 3.92. The highest BCUT2D eigenvalue weighted by atomic mass is 16.5. The van der Waals surface area contributed by atoms with Crippen LogP contribution in [0.25, 0.3) is 0 Å². The Bertz CT molecular complexity index is 531. The van der Waals surface area contributed by atoms with Crippen molar-refractivity contribution in [3.05, 3.63) is 23.8 Å². The van der Waals surface area contributed by atoms with Crippen LogP contribution in [0, 0.1) is 0 Å². The second-order valence-corrected chi connectivity index (χ2v) is 6.76. The van der Waals surface area contributed by atoms with E-state index in [1.165, 1.54) is 38.2 Å². The third-order valence-electron chi connectivity index (χ3n) is 5.16. The molecule has 1 atom stereocenters. The molecule has 4 rings (SSSR count). The minimum atomic E-state index is 0.719. The Hall–Kier alpha value is -1.30. The molecule has 0 saturated carbocycles. The van der Waals surface area contributed by atoms with Crippen LogP contribution >= 0.6 is 0 Å². The second kappa shape index (κ2) is 7.07. The van der Waals surface area contributed by atoms with Crippen LogP contribution in [0.5, 0.6) is 11.5 Å². The predicted octanol–water partition coefficient (Wildman–Crippen LogP) is 1.33. The van der Waals surface area contributed by atoms with Gasteiger partial charge in [0.25, 0.3) is 0 Å². The maximum absolute atomic E-state index is 5.96. The zero-order valence-corrected chi connectivity index (χ0v) is 13.8. The van der Waals surface area contributed by atoms with E-state index in [4.69, 9.17) is 9.47 Å². The zero-order chi connectivity index (χ0) is 15.5. The van der Waals surface area contributed by atoms with Crippen LogP contribution in [0.3, 0.4) is 0 Å². The molecule has 23 heavy (non-hydrogen) atoms. The lowest BCUT2D eigenvalue weighted by atomic mass is 10.1. The summed E-state index contributed by atoms with van der Waals surface area (Å²) in [6.45, 7) is 9.48. The lowest BCUT2D eigenvalue weighted by Crippen LogP contribution is -2.49. The van der Waals surface area contributed by atoms with Crippen molar-refractivity contribution in [1.82, 2.24) is 15.1 Å². The highest BCUT2D eigenvalue weighted by Gasteiger charge is 2.29. The first-order chi connectivity index (χ1) is 11.4. The molecule has 0 amide bonds. The van der Waals surface area contributed by atoms with Gasteiger partial charge in [0.15, 0.2) is 11.5 Å². The molecule has 5 nitrogen and oxygen atoms in total. The molecule has 5 heteroatoms. The first-order valence-electron chi connectivity index (χ1n) is 8.95. The first-order valence-corrected chi connectivity index (χ1v) is 8.95. The summed E-state index contributed by atoms with van der Waals surface area (Å²) < 4.78 is 11.8. The van der Waals surface area contributed by atoms with Crippen molar-refractivity contribution >= 4 is 0 Å². The molecule has 126 valence electrons. The number of likely N-dealkylation sites (tertiary alicyclic amines) is 1. The topological polar surface area (TPSA) is 37.0 Å². The number of rotatable bonds is 3. The van der Waals surface area contributed by atoms with Gasteiger partial charge < -0.3 is 14.8 Å². The van der Waals surface area contributed by atoms with Gasteiger partial charge in [0, 0.05) is 63.8 Å². The summed E-state index contributed by atoms with van der Waals surface area (Å²) in [5.41, 5.74) is 1.27. The van der Waals surface area contributed by atoms with Gasteiger partial charge in [0.05, 0.1) is 13.2 Å². The van der Waals surface area contributed by atoms with Gasteiger partial charge in [-0.2, -0.15) is 0 Å². The van der Waals surface area contributed by atoms with Gasteiger partial charge in [-0.05, 0) is 12.5 Å². The van der Waals surface area contributed by atoms with Crippen LogP contribution in [0.2, 0.25) is 0 Å². The van der Waals surface area contributed by atoms with Gasteiger partial charge in [-0.3, -0.25) is 9.80 Å². The van der Waals surface area contributed by atoms with Gasteiger partial charge in [-0.15, -0.1) is 0 Å². The molecular weight excluding hydrogens is 290 g/mol. The van der Waals surface area contributed by atoms with Crippen LogP contribution in [0.15, 0.2) is 18.2 Å². The number of nitrogens with one attached hydrogen (secondary N) is 1. The number of hydrogen-bond acceptors (Lipinski definition) is 5. The molecule has 1 aromatic carbocycles. The van der Waals surface area contributed by atoms with Crippen LogP contribution in [0.1, 0.15) is 18.4 Å². The average molecular weight is 317 g/mol. The lowest BCUT2D eigenvalue weighted by Gasteiger charge is -2.32. The van der Waals surface area contributed by atoms with E-state index in [0.717, 1.165) is 56.8 Å². The Kier molecular flexibility index (Phi) is 4.69. The van der Waals surface area contributed by atoms with Crippen molar-refractivity contribution in [3.8, 4) is 11.5 Å². The predicted molar refractivity (Wildman–Crippen MR) is 90.2 cm³/mol. The normalized spacial score (nSPS) is 26.2. The third-order valence-corrected chi connectivity index (χ3v) is 5.16. The Morgan fingerprint density at radius 1 is 1.09 bits per heavy atom. The van der Waals surface area contributed by atoms with Crippen molar-refractivity contribution < 1.29 is 9.47 Å². The van der Waals surface area contributed by atoms with E-state index in [2.05, 4.69) is 27.2 Å². The van der Waals surface area contributed by atoms with E-state index in [1.54, 1.807) is 0 Å². The van der Waals surface area contributed by atoms with Crippen LogP contribution in [-0.2, 0) is 6.54 Å². The maximum Gasteiger partial charge on any atom is 0.165 e. The second-order valence-electron chi connectivity index (χ2n) is 6.76. The molecule has 0 radical (unpaired) electrons. The largest absolute Gasteiger partial charge is 0.490 e. The molecule has 0 aromatic heterocycles. The molecule has 3 aliphatic heterocycles. The highest BCUT2D eigenvalue weighted by Crippen LogP contribution is 2.34. The monoisotopic (exact) mass is 317 g/mol. The third kappa shape index (κ3) is 3.47. The quantitative estimate of drug-likeness (QED) is 0.910. The van der Waals surface area contributed by atoms with Gasteiger partial charge in [0.2, 0.25) is 0 Å². The van der Waals surface area contributed by atoms with Crippen LogP contribution in [0.4, 0.5) is 0 Å². The molecule has 2 fully saturated rings. The van der Waals surface area contributed by atoms with Gasteiger partial charge >= 0.3 is 0 Å². The van der Waals surface area contributed by atoms with E-state index >= 15 is 0 Å². The highest BCUT2D eigenvalue weighted by molar-refractivity contribution is 5.47.